The second-order valence-electron chi connectivity index (χ2n) is 9.86. The van der Waals surface area contributed by atoms with Gasteiger partial charge in [-0.1, -0.05) is 48.5 Å². The van der Waals surface area contributed by atoms with Crippen LogP contribution in [0.5, 0.6) is 5.75 Å². The van der Waals surface area contributed by atoms with E-state index in [0.29, 0.717) is 22.7 Å². The zero-order chi connectivity index (χ0) is 29.8. The molecular weight excluding hydrogens is 537 g/mol. The molecule has 1 aliphatic heterocycles. The maximum atomic E-state index is 14.1. The van der Waals surface area contributed by atoms with Crippen LogP contribution in [0.1, 0.15) is 33.1 Å². The Morgan fingerprint density at radius 3 is 2.26 bits per heavy atom. The average molecular weight is 566 g/mol. The molecule has 1 atom stereocenters. The molecule has 0 saturated carbocycles. The average Bonchev–Trinajstić information content (AvgIpc) is 3.24. The van der Waals surface area contributed by atoms with Gasteiger partial charge in [0.1, 0.15) is 24.2 Å². The first-order valence-corrected chi connectivity index (χ1v) is 13.3. The predicted molar refractivity (Wildman–Crippen MR) is 156 cm³/mol. The minimum atomic E-state index is -1.21. The van der Waals surface area contributed by atoms with Gasteiger partial charge >= 0.3 is 0 Å². The number of benzene rings is 4. The Bertz CT molecular complexity index is 1650. The van der Waals surface area contributed by atoms with Crippen LogP contribution in [0.2, 0.25) is 0 Å². The Hall–Kier alpha value is -5.31. The lowest BCUT2D eigenvalue weighted by atomic mass is 10.0. The van der Waals surface area contributed by atoms with Crippen LogP contribution >= 0.6 is 0 Å². The molecule has 4 aromatic carbocycles. The number of halogens is 1. The maximum Gasteiger partial charge on any atom is 0.299 e. The van der Waals surface area contributed by atoms with Crippen LogP contribution in [0.3, 0.4) is 0 Å². The number of hydrogen-bond acceptors (Lipinski definition) is 5. The smallest absolute Gasteiger partial charge is 0.299 e. The lowest BCUT2D eigenvalue weighted by Gasteiger charge is -2.33. The zero-order valence-corrected chi connectivity index (χ0v) is 23.0. The number of ether oxygens (including phenoxy) is 1. The van der Waals surface area contributed by atoms with Gasteiger partial charge in [-0.15, -0.1) is 0 Å². The van der Waals surface area contributed by atoms with E-state index in [1.54, 1.807) is 42.5 Å². The molecule has 9 heteroatoms. The fourth-order valence-corrected chi connectivity index (χ4v) is 4.93. The molecule has 1 N–H and O–H groups in total. The van der Waals surface area contributed by atoms with E-state index in [1.165, 1.54) is 42.3 Å². The summed E-state index contributed by atoms with van der Waals surface area (Å²) >= 11 is 0. The van der Waals surface area contributed by atoms with Gasteiger partial charge in [-0.05, 0) is 72.1 Å². The molecule has 1 heterocycles. The van der Waals surface area contributed by atoms with Crippen molar-refractivity contribution in [2.24, 2.45) is 0 Å². The number of carbonyl (C=O) groups is 4. The summed E-state index contributed by atoms with van der Waals surface area (Å²) in [5.74, 6) is -2.53. The van der Waals surface area contributed by atoms with Crippen LogP contribution in [-0.4, -0.2) is 42.1 Å². The molecule has 3 amide bonds. The van der Waals surface area contributed by atoms with Gasteiger partial charge in [-0.25, -0.2) is 4.39 Å². The third-order valence-electron chi connectivity index (χ3n) is 7.20. The number of amides is 3. The fraction of sp³-hybridized carbons (Fsp3) is 0.152. The summed E-state index contributed by atoms with van der Waals surface area (Å²) in [7, 11) is 1.53. The highest BCUT2D eigenvalue weighted by molar-refractivity contribution is 6.52. The van der Waals surface area contributed by atoms with Crippen LogP contribution in [0.25, 0.3) is 0 Å². The Labute approximate surface area is 242 Å². The van der Waals surface area contributed by atoms with Gasteiger partial charge in [0.05, 0.1) is 18.4 Å². The minimum Gasteiger partial charge on any atom is -0.497 e. The van der Waals surface area contributed by atoms with E-state index < -0.39 is 41.9 Å². The molecule has 0 fully saturated rings. The molecule has 0 aromatic heterocycles. The molecule has 4 aromatic rings. The molecule has 0 aliphatic carbocycles. The predicted octanol–water partition coefficient (Wildman–Crippen LogP) is 5.08. The van der Waals surface area contributed by atoms with E-state index in [-0.39, 0.29) is 12.1 Å². The van der Waals surface area contributed by atoms with Crippen molar-refractivity contribution < 1.29 is 28.3 Å². The summed E-state index contributed by atoms with van der Waals surface area (Å²) in [5, 5.41) is 2.85. The summed E-state index contributed by atoms with van der Waals surface area (Å²) in [5.41, 5.74) is 3.05. The Kier molecular flexibility index (Phi) is 8.10. The number of carbonyl (C=O) groups excluding carboxylic acids is 4. The van der Waals surface area contributed by atoms with Gasteiger partial charge in [0, 0.05) is 12.2 Å². The third kappa shape index (κ3) is 5.76. The van der Waals surface area contributed by atoms with Crippen molar-refractivity contribution in [2.45, 2.75) is 19.5 Å². The quantitative estimate of drug-likeness (QED) is 0.286. The Morgan fingerprint density at radius 2 is 1.57 bits per heavy atom. The first-order valence-electron chi connectivity index (χ1n) is 13.3. The van der Waals surface area contributed by atoms with E-state index in [2.05, 4.69) is 5.32 Å². The standard InChI is InChI=1S/C33H28FN3O5/c1-21-7-3-4-8-23(21)19-37(29(38)20-36-28-10-6-5-9-27(28)31(39)33(36)41)30(22-11-13-24(34)14-12-22)32(40)35-25-15-17-26(42-2)18-16-25/h3-18,30H,19-20H2,1-2H3,(H,35,40). The monoisotopic (exact) mass is 565 g/mol. The van der Waals surface area contributed by atoms with Gasteiger partial charge in [0.2, 0.25) is 5.91 Å². The van der Waals surface area contributed by atoms with E-state index in [9.17, 15) is 23.6 Å². The van der Waals surface area contributed by atoms with Crippen LogP contribution in [0.4, 0.5) is 15.8 Å². The van der Waals surface area contributed by atoms with E-state index in [1.807, 2.05) is 31.2 Å². The highest BCUT2D eigenvalue weighted by Gasteiger charge is 2.39. The van der Waals surface area contributed by atoms with Gasteiger partial charge < -0.3 is 15.0 Å². The van der Waals surface area contributed by atoms with E-state index >= 15 is 0 Å². The number of aryl methyl sites for hydroxylation is 1. The first kappa shape index (κ1) is 28.2. The van der Waals surface area contributed by atoms with Gasteiger partial charge in [0.25, 0.3) is 17.6 Å². The summed E-state index contributed by atoms with van der Waals surface area (Å²) in [6, 6.07) is 24.7. The van der Waals surface area contributed by atoms with Crippen molar-refractivity contribution in [3.8, 4) is 5.75 Å². The van der Waals surface area contributed by atoms with Gasteiger partial charge in [0.15, 0.2) is 0 Å². The fourth-order valence-electron chi connectivity index (χ4n) is 4.93. The molecule has 212 valence electrons. The second-order valence-corrected chi connectivity index (χ2v) is 9.86. The summed E-state index contributed by atoms with van der Waals surface area (Å²) in [6.45, 7) is 1.43. The molecular formula is C33H28FN3O5. The van der Waals surface area contributed by atoms with Crippen molar-refractivity contribution in [1.82, 2.24) is 4.90 Å². The summed E-state index contributed by atoms with van der Waals surface area (Å²) in [6.07, 6.45) is 0. The molecule has 5 rings (SSSR count). The highest BCUT2D eigenvalue weighted by atomic mass is 19.1. The normalized spacial score (nSPS) is 13.0. The molecule has 0 radical (unpaired) electrons. The number of nitrogens with one attached hydrogen (secondary N) is 1. The Balaban J connectivity index is 1.55. The minimum absolute atomic E-state index is 0.0151. The molecule has 1 aliphatic rings. The third-order valence-corrected chi connectivity index (χ3v) is 7.20. The van der Waals surface area contributed by atoms with Crippen molar-refractivity contribution in [1.29, 1.82) is 0 Å². The molecule has 0 bridgehead atoms. The van der Waals surface area contributed by atoms with E-state index in [0.717, 1.165) is 16.0 Å². The van der Waals surface area contributed by atoms with Crippen LogP contribution < -0.4 is 15.0 Å². The number of nitrogens with zero attached hydrogens (tertiary/aromatic N) is 2. The number of para-hydroxylation sites is 1. The first-order chi connectivity index (χ1) is 20.3. The number of anilines is 2. The van der Waals surface area contributed by atoms with Crippen molar-refractivity contribution in [3.63, 3.8) is 0 Å². The lowest BCUT2D eigenvalue weighted by molar-refractivity contribution is -0.139. The largest absolute Gasteiger partial charge is 0.497 e. The number of rotatable bonds is 9. The van der Waals surface area contributed by atoms with Crippen molar-refractivity contribution in [3.05, 3.63) is 125 Å². The molecule has 0 saturated heterocycles. The molecule has 8 nitrogen and oxygen atoms in total. The number of methoxy groups -OCH3 is 1. The molecule has 0 spiro atoms. The number of fused-ring (bicyclic) bond motifs is 1. The van der Waals surface area contributed by atoms with Gasteiger partial charge in [-0.3, -0.25) is 24.1 Å². The van der Waals surface area contributed by atoms with Gasteiger partial charge in [-0.2, -0.15) is 0 Å². The summed E-state index contributed by atoms with van der Waals surface area (Å²) < 4.78 is 19.1. The van der Waals surface area contributed by atoms with Crippen LogP contribution in [0.15, 0.2) is 97.1 Å². The van der Waals surface area contributed by atoms with Crippen LogP contribution in [-0.2, 0) is 20.9 Å². The number of ketones is 1. The maximum absolute atomic E-state index is 14.1. The van der Waals surface area contributed by atoms with Crippen molar-refractivity contribution >= 4 is 34.9 Å². The van der Waals surface area contributed by atoms with Crippen molar-refractivity contribution in [2.75, 3.05) is 23.9 Å². The Morgan fingerprint density at radius 1 is 0.905 bits per heavy atom. The zero-order valence-electron chi connectivity index (χ0n) is 23.0. The number of Topliss-reactive ketones (excluding diaryl/α,β-unsaturated/α-hetero) is 1. The van der Waals surface area contributed by atoms with E-state index in [4.69, 9.17) is 4.74 Å². The number of hydrogen-bond donors (Lipinski definition) is 1. The SMILES string of the molecule is COc1ccc(NC(=O)C(c2ccc(F)cc2)N(Cc2ccccc2C)C(=O)CN2C(=O)C(=O)c3ccccc32)cc1. The summed E-state index contributed by atoms with van der Waals surface area (Å²) in [4.78, 5) is 56.1. The topological polar surface area (TPSA) is 96.0 Å². The van der Waals surface area contributed by atoms with Crippen LogP contribution in [0, 0.1) is 12.7 Å². The highest BCUT2D eigenvalue weighted by Crippen LogP contribution is 2.31. The second kappa shape index (κ2) is 12.1. The lowest BCUT2D eigenvalue weighted by Crippen LogP contribution is -2.46. The molecule has 1 unspecified atom stereocenters. The molecule has 42 heavy (non-hydrogen) atoms.